The van der Waals surface area contributed by atoms with Crippen LogP contribution in [0.4, 0.5) is 5.69 Å². The lowest BCUT2D eigenvalue weighted by Crippen LogP contribution is -2.30. The fourth-order valence-electron chi connectivity index (χ4n) is 3.07. The molecule has 0 saturated carbocycles. The van der Waals surface area contributed by atoms with Crippen LogP contribution in [0.15, 0.2) is 48.5 Å². The van der Waals surface area contributed by atoms with Crippen molar-refractivity contribution < 1.29 is 29.2 Å². The normalized spacial score (nSPS) is 10.5. The maximum Gasteiger partial charge on any atom is 0.488 e. The number of nitro groups is 1. The van der Waals surface area contributed by atoms with E-state index in [9.17, 15) is 14.9 Å². The van der Waals surface area contributed by atoms with Crippen molar-refractivity contribution in [3.63, 3.8) is 0 Å². The molecule has 8 nitrogen and oxygen atoms in total. The van der Waals surface area contributed by atoms with Gasteiger partial charge >= 0.3 is 18.8 Å². The van der Waals surface area contributed by atoms with Gasteiger partial charge in [0.1, 0.15) is 0 Å². The summed E-state index contributed by atoms with van der Waals surface area (Å²) in [6, 6.07) is 12.5. The van der Waals surface area contributed by atoms with Gasteiger partial charge in [0.15, 0.2) is 5.75 Å². The molecule has 0 radical (unpaired) electrons. The van der Waals surface area contributed by atoms with Crippen LogP contribution in [0.2, 0.25) is 0 Å². The molecular weight excluding hydrogens is 401 g/mol. The Bertz CT molecular complexity index is 844. The minimum atomic E-state index is -1.61. The molecule has 2 aromatic carbocycles. The predicted molar refractivity (Wildman–Crippen MR) is 117 cm³/mol. The molecule has 2 N–H and O–H groups in total. The van der Waals surface area contributed by atoms with Gasteiger partial charge in [0, 0.05) is 6.07 Å². The van der Waals surface area contributed by atoms with Gasteiger partial charge in [-0.2, -0.15) is 0 Å². The quantitative estimate of drug-likeness (QED) is 0.156. The summed E-state index contributed by atoms with van der Waals surface area (Å²) in [5.41, 5.74) is 0.539. The number of hydrogen-bond donors (Lipinski definition) is 2. The molecule has 0 bridgehead atoms. The third-order valence-corrected chi connectivity index (χ3v) is 4.76. The summed E-state index contributed by atoms with van der Waals surface area (Å²) in [4.78, 5) is 22.5. The van der Waals surface area contributed by atoms with E-state index in [4.69, 9.17) is 19.5 Å². The molecule has 0 aromatic heterocycles. The summed E-state index contributed by atoms with van der Waals surface area (Å²) in [7, 11) is -1.61. The first kappa shape index (κ1) is 24.4. The molecule has 0 unspecified atom stereocenters. The molecule has 0 fully saturated rings. The summed E-state index contributed by atoms with van der Waals surface area (Å²) < 4.78 is 10.7. The van der Waals surface area contributed by atoms with Gasteiger partial charge in [-0.15, -0.1) is 0 Å². The number of carbonyl (C=O) groups excluding carboxylic acids is 1. The lowest BCUT2D eigenvalue weighted by Gasteiger charge is -2.07. The second kappa shape index (κ2) is 13.4. The Morgan fingerprint density at radius 2 is 1.55 bits per heavy atom. The molecule has 0 saturated heterocycles. The number of rotatable bonds is 14. The van der Waals surface area contributed by atoms with Crippen LogP contribution in [0.1, 0.15) is 55.3 Å². The van der Waals surface area contributed by atoms with Crippen molar-refractivity contribution in [2.24, 2.45) is 0 Å². The van der Waals surface area contributed by atoms with Gasteiger partial charge in [-0.25, -0.2) is 4.79 Å². The first-order valence-electron chi connectivity index (χ1n) is 10.5. The highest BCUT2D eigenvalue weighted by Crippen LogP contribution is 2.26. The largest absolute Gasteiger partial charge is 0.488 e. The Hall–Kier alpha value is -2.91. The van der Waals surface area contributed by atoms with Crippen LogP contribution in [-0.2, 0) is 4.74 Å². The van der Waals surface area contributed by atoms with Gasteiger partial charge in [0.2, 0.25) is 0 Å². The van der Waals surface area contributed by atoms with Gasteiger partial charge < -0.3 is 19.5 Å². The molecule has 9 heteroatoms. The number of esters is 1. The number of nitrogens with zero attached hydrogens (tertiary/aromatic N) is 1. The zero-order chi connectivity index (χ0) is 22.5. The molecule has 2 rings (SSSR count). The lowest BCUT2D eigenvalue weighted by molar-refractivity contribution is -0.385. The van der Waals surface area contributed by atoms with E-state index in [1.165, 1.54) is 18.2 Å². The van der Waals surface area contributed by atoms with E-state index in [-0.39, 0.29) is 11.2 Å². The van der Waals surface area contributed by atoms with E-state index >= 15 is 0 Å². The average Bonchev–Trinajstić information content (AvgIpc) is 2.77. The van der Waals surface area contributed by atoms with Crippen LogP contribution in [0.25, 0.3) is 0 Å². The topological polar surface area (TPSA) is 119 Å². The number of nitro benzene ring substituents is 1. The van der Waals surface area contributed by atoms with Crippen molar-refractivity contribution in [3.05, 3.63) is 64.2 Å². The van der Waals surface area contributed by atoms with E-state index in [1.807, 2.05) is 0 Å². The lowest BCUT2D eigenvalue weighted by atomic mass is 9.80. The van der Waals surface area contributed by atoms with Crippen molar-refractivity contribution in [1.82, 2.24) is 0 Å². The highest BCUT2D eigenvalue weighted by atomic mass is 16.6. The van der Waals surface area contributed by atoms with Crippen LogP contribution in [0.3, 0.4) is 0 Å². The Kier molecular flexibility index (Phi) is 10.5. The SMILES string of the molecule is O=C(OCCCCCCCCCOc1ccccc1[N+](=O)[O-])c1cccc(B(O)O)c1. The fraction of sp³-hybridized carbons (Fsp3) is 0.409. The molecular formula is C22H28BNO7. The zero-order valence-electron chi connectivity index (χ0n) is 17.4. The van der Waals surface area contributed by atoms with Crippen molar-refractivity contribution >= 4 is 24.2 Å². The van der Waals surface area contributed by atoms with Gasteiger partial charge in [-0.3, -0.25) is 10.1 Å². The molecule has 0 aliphatic rings. The number of hydrogen-bond acceptors (Lipinski definition) is 7. The Morgan fingerprint density at radius 1 is 0.903 bits per heavy atom. The molecule has 31 heavy (non-hydrogen) atoms. The van der Waals surface area contributed by atoms with Crippen molar-refractivity contribution in [3.8, 4) is 5.75 Å². The Balaban J connectivity index is 1.48. The monoisotopic (exact) mass is 429 g/mol. The summed E-state index contributed by atoms with van der Waals surface area (Å²) in [6.07, 6.45) is 6.71. The third kappa shape index (κ3) is 8.78. The zero-order valence-corrected chi connectivity index (χ0v) is 17.4. The molecule has 0 heterocycles. The summed E-state index contributed by atoms with van der Waals surface area (Å²) >= 11 is 0. The number of carbonyl (C=O) groups is 1. The molecule has 0 aliphatic carbocycles. The van der Waals surface area contributed by atoms with E-state index < -0.39 is 18.0 Å². The molecule has 0 aliphatic heterocycles. The van der Waals surface area contributed by atoms with Crippen LogP contribution < -0.4 is 10.2 Å². The van der Waals surface area contributed by atoms with Crippen molar-refractivity contribution in [2.45, 2.75) is 44.9 Å². The molecule has 166 valence electrons. The van der Waals surface area contributed by atoms with E-state index in [0.29, 0.717) is 24.5 Å². The van der Waals surface area contributed by atoms with Gasteiger partial charge in [0.05, 0.1) is 23.7 Å². The summed E-state index contributed by atoms with van der Waals surface area (Å²) in [5.74, 6) is -0.164. The maximum atomic E-state index is 12.0. The molecule has 0 amide bonds. The molecule has 2 aromatic rings. The van der Waals surface area contributed by atoms with Crippen molar-refractivity contribution in [2.75, 3.05) is 13.2 Å². The van der Waals surface area contributed by atoms with Crippen LogP contribution in [-0.4, -0.2) is 41.3 Å². The molecule has 0 spiro atoms. The maximum absolute atomic E-state index is 12.0. The first-order chi connectivity index (χ1) is 15.0. The van der Waals surface area contributed by atoms with Gasteiger partial charge in [-0.05, 0) is 36.5 Å². The van der Waals surface area contributed by atoms with E-state index in [1.54, 1.807) is 30.3 Å². The van der Waals surface area contributed by atoms with Gasteiger partial charge in [-0.1, -0.05) is 56.4 Å². The van der Waals surface area contributed by atoms with Crippen LogP contribution in [0.5, 0.6) is 5.75 Å². The minimum absolute atomic E-state index is 0.0121. The van der Waals surface area contributed by atoms with E-state index in [0.717, 1.165) is 44.9 Å². The minimum Gasteiger partial charge on any atom is -0.487 e. The summed E-state index contributed by atoms with van der Waals surface area (Å²) in [5, 5.41) is 29.2. The van der Waals surface area contributed by atoms with Crippen molar-refractivity contribution in [1.29, 1.82) is 0 Å². The second-order valence-corrected chi connectivity index (χ2v) is 7.18. The Labute approximate surface area is 182 Å². The number of unbranched alkanes of at least 4 members (excludes halogenated alkanes) is 6. The van der Waals surface area contributed by atoms with Crippen LogP contribution in [0, 0.1) is 10.1 Å². The highest BCUT2D eigenvalue weighted by Gasteiger charge is 2.14. The number of ether oxygens (including phenoxy) is 2. The Morgan fingerprint density at radius 3 is 2.23 bits per heavy atom. The fourth-order valence-corrected chi connectivity index (χ4v) is 3.07. The smallest absolute Gasteiger partial charge is 0.487 e. The highest BCUT2D eigenvalue weighted by molar-refractivity contribution is 6.58. The number of para-hydroxylation sites is 2. The molecule has 0 atom stereocenters. The third-order valence-electron chi connectivity index (χ3n) is 4.76. The van der Waals surface area contributed by atoms with Crippen LogP contribution >= 0.6 is 0 Å². The second-order valence-electron chi connectivity index (χ2n) is 7.18. The first-order valence-corrected chi connectivity index (χ1v) is 10.5. The predicted octanol–water partition coefficient (Wildman–Crippen LogP) is 3.24. The average molecular weight is 429 g/mol. The van der Waals surface area contributed by atoms with Gasteiger partial charge in [0.25, 0.3) is 0 Å². The van der Waals surface area contributed by atoms with E-state index in [2.05, 4.69) is 0 Å². The standard InChI is InChI=1S/C22H28BNO7/c25-22(18-11-10-12-19(17-18)23(26)27)31-16-9-5-3-1-2-4-8-15-30-21-14-7-6-13-20(21)24(28)29/h6-7,10-14,17,26-27H,1-5,8-9,15-16H2. The summed E-state index contributed by atoms with van der Waals surface area (Å²) in [6.45, 7) is 0.781. The number of benzene rings is 2.